The summed E-state index contributed by atoms with van der Waals surface area (Å²) in [6.07, 6.45) is 1.66. The van der Waals surface area contributed by atoms with Gasteiger partial charge in [0.25, 0.3) is 0 Å². The van der Waals surface area contributed by atoms with Crippen LogP contribution in [0.1, 0.15) is 33.6 Å². The number of carbonyl (C=O) groups excluding carboxylic acids is 1. The summed E-state index contributed by atoms with van der Waals surface area (Å²) < 4.78 is 46.0. The molecular formula is C30H25ClF2N4O4. The molecule has 0 bridgehead atoms. The van der Waals surface area contributed by atoms with E-state index in [1.807, 2.05) is 30.3 Å². The van der Waals surface area contributed by atoms with Crippen molar-refractivity contribution in [2.45, 2.75) is 37.2 Å². The van der Waals surface area contributed by atoms with Gasteiger partial charge in [0.05, 0.1) is 22.7 Å². The number of rotatable bonds is 4. The molecule has 0 aliphatic carbocycles. The Hall–Kier alpha value is -3.99. The second kappa shape index (κ2) is 9.27. The quantitative estimate of drug-likeness (QED) is 0.334. The molecule has 3 aliphatic rings. The Balaban J connectivity index is 1.47. The Morgan fingerprint density at radius 1 is 1.22 bits per heavy atom. The molecule has 11 heteroatoms. The Bertz CT molecular complexity index is 1740. The number of ether oxygens (including phenoxy) is 2. The number of hydrogen-bond donors (Lipinski definition) is 3. The predicted molar refractivity (Wildman–Crippen MR) is 147 cm³/mol. The fraction of sp³-hybridized carbons (Fsp3) is 0.267. The molecule has 4 N–H and O–H groups in total. The topological polar surface area (TPSA) is 112 Å². The van der Waals surface area contributed by atoms with E-state index in [1.165, 1.54) is 12.1 Å². The molecule has 1 saturated heterocycles. The number of benzene rings is 3. The van der Waals surface area contributed by atoms with Crippen molar-refractivity contribution in [2.75, 3.05) is 6.54 Å². The summed E-state index contributed by atoms with van der Waals surface area (Å²) in [7, 11) is 1.73. The smallest absolute Gasteiger partial charge is 0.249 e. The summed E-state index contributed by atoms with van der Waals surface area (Å²) in [6.45, 7) is 0.375. The average Bonchev–Trinajstić information content (AvgIpc) is 3.67. The van der Waals surface area contributed by atoms with Crippen molar-refractivity contribution in [3.63, 3.8) is 0 Å². The average molecular weight is 579 g/mol. The molecule has 1 amide bonds. The van der Waals surface area contributed by atoms with Crippen LogP contribution in [-0.4, -0.2) is 39.5 Å². The van der Waals surface area contributed by atoms with Crippen LogP contribution in [0.2, 0.25) is 5.02 Å². The van der Waals surface area contributed by atoms with Gasteiger partial charge < -0.3 is 25.6 Å². The zero-order valence-corrected chi connectivity index (χ0v) is 22.6. The van der Waals surface area contributed by atoms with Crippen molar-refractivity contribution in [3.8, 4) is 33.8 Å². The fourth-order valence-electron chi connectivity index (χ4n) is 6.43. The number of fused-ring (bicyclic) bond motifs is 4. The molecule has 0 radical (unpaired) electrons. The summed E-state index contributed by atoms with van der Waals surface area (Å²) >= 11 is 6.59. The van der Waals surface area contributed by atoms with Gasteiger partial charge in [0, 0.05) is 60.1 Å². The first-order valence-corrected chi connectivity index (χ1v) is 13.5. The van der Waals surface area contributed by atoms with Crippen molar-refractivity contribution >= 4 is 17.5 Å². The standard InChI is InChI=1S/C30H25ClF2N4O4/c1-37-12-19-16-8-17(29(34)39)25(27(33)28(16)40-13-21(19)36-37)24-18-10-30(14-5-3-2-4-6-14,23-7-15(38)11-35-23)41-22(18)9-20(32)26(24)31/h2-6,8-9,12,15,23,35,38H,7,10-11,13H2,1H3,(H2,34,39)/t15?,23-,30-/m0/s1. The lowest BCUT2D eigenvalue weighted by molar-refractivity contribution is 0.0486. The van der Waals surface area contributed by atoms with E-state index in [0.717, 1.165) is 5.56 Å². The van der Waals surface area contributed by atoms with E-state index in [2.05, 4.69) is 10.4 Å². The van der Waals surface area contributed by atoms with Crippen molar-refractivity contribution in [3.05, 3.63) is 87.7 Å². The maximum atomic E-state index is 16.6. The molecule has 3 aromatic carbocycles. The number of amides is 1. The predicted octanol–water partition coefficient (Wildman–Crippen LogP) is 4.23. The van der Waals surface area contributed by atoms with Crippen molar-refractivity contribution < 1.29 is 28.2 Å². The number of aryl methyl sites for hydroxylation is 1. The van der Waals surface area contributed by atoms with Crippen molar-refractivity contribution in [1.82, 2.24) is 15.1 Å². The van der Waals surface area contributed by atoms with Crippen LogP contribution in [-0.2, 0) is 25.7 Å². The van der Waals surface area contributed by atoms with Gasteiger partial charge in [-0.25, -0.2) is 8.78 Å². The Morgan fingerprint density at radius 2 is 2.00 bits per heavy atom. The summed E-state index contributed by atoms with van der Waals surface area (Å²) in [5, 5.41) is 17.7. The Morgan fingerprint density at radius 3 is 2.71 bits per heavy atom. The maximum absolute atomic E-state index is 16.6. The molecule has 3 atom stereocenters. The second-order valence-electron chi connectivity index (χ2n) is 10.7. The molecule has 8 nitrogen and oxygen atoms in total. The molecular weight excluding hydrogens is 554 g/mol. The van der Waals surface area contributed by atoms with E-state index in [-0.39, 0.29) is 52.3 Å². The third-order valence-corrected chi connectivity index (χ3v) is 8.61. The van der Waals surface area contributed by atoms with E-state index in [9.17, 15) is 9.90 Å². The van der Waals surface area contributed by atoms with Gasteiger partial charge in [-0.2, -0.15) is 5.10 Å². The zero-order chi connectivity index (χ0) is 28.6. The third-order valence-electron chi connectivity index (χ3n) is 8.24. The Kier molecular flexibility index (Phi) is 5.86. The minimum Gasteiger partial charge on any atom is -0.483 e. The lowest BCUT2D eigenvalue weighted by Crippen LogP contribution is -2.48. The molecule has 7 rings (SSSR count). The first-order valence-electron chi connectivity index (χ1n) is 13.2. The summed E-state index contributed by atoms with van der Waals surface area (Å²) in [5.74, 6) is -2.58. The van der Waals surface area contributed by atoms with E-state index >= 15 is 8.78 Å². The summed E-state index contributed by atoms with van der Waals surface area (Å²) in [6, 6.07) is 11.6. The van der Waals surface area contributed by atoms with Crippen LogP contribution < -0.4 is 20.5 Å². The second-order valence-corrected chi connectivity index (χ2v) is 11.1. The lowest BCUT2D eigenvalue weighted by Gasteiger charge is -2.35. The molecule has 0 spiro atoms. The highest BCUT2D eigenvalue weighted by molar-refractivity contribution is 6.34. The summed E-state index contributed by atoms with van der Waals surface area (Å²) in [4.78, 5) is 12.8. The van der Waals surface area contributed by atoms with Gasteiger partial charge in [-0.3, -0.25) is 9.48 Å². The number of aliphatic hydroxyl groups is 1. The van der Waals surface area contributed by atoms with Crippen LogP contribution in [0.3, 0.4) is 0 Å². The van der Waals surface area contributed by atoms with Gasteiger partial charge in [0.15, 0.2) is 17.2 Å². The van der Waals surface area contributed by atoms with E-state index in [0.29, 0.717) is 35.3 Å². The number of aromatic nitrogens is 2. The van der Waals surface area contributed by atoms with Crippen LogP contribution in [0, 0.1) is 11.6 Å². The van der Waals surface area contributed by atoms with Crippen LogP contribution in [0.25, 0.3) is 22.3 Å². The largest absolute Gasteiger partial charge is 0.483 e. The van der Waals surface area contributed by atoms with Crippen LogP contribution in [0.5, 0.6) is 11.5 Å². The van der Waals surface area contributed by atoms with Gasteiger partial charge >= 0.3 is 0 Å². The van der Waals surface area contributed by atoms with Crippen LogP contribution in [0.4, 0.5) is 8.78 Å². The van der Waals surface area contributed by atoms with Crippen LogP contribution in [0.15, 0.2) is 48.7 Å². The number of aliphatic hydroxyl groups excluding tert-OH is 1. The number of halogens is 3. The molecule has 3 aliphatic heterocycles. The number of hydrogen-bond acceptors (Lipinski definition) is 6. The number of carbonyl (C=O) groups is 1. The fourth-order valence-corrected chi connectivity index (χ4v) is 6.69. The minimum atomic E-state index is -1.06. The van der Waals surface area contributed by atoms with Gasteiger partial charge in [-0.1, -0.05) is 41.9 Å². The first kappa shape index (κ1) is 25.9. The number of nitrogens with zero attached hydrogens (tertiary/aromatic N) is 2. The highest BCUT2D eigenvalue weighted by Crippen LogP contribution is 2.54. The van der Waals surface area contributed by atoms with Gasteiger partial charge in [-0.05, 0) is 18.1 Å². The molecule has 41 heavy (non-hydrogen) atoms. The highest BCUT2D eigenvalue weighted by atomic mass is 35.5. The molecule has 4 heterocycles. The van der Waals surface area contributed by atoms with E-state index < -0.39 is 29.2 Å². The molecule has 4 aromatic rings. The molecule has 0 saturated carbocycles. The lowest BCUT2D eigenvalue weighted by atomic mass is 9.79. The van der Waals surface area contributed by atoms with Gasteiger partial charge in [-0.15, -0.1) is 0 Å². The number of β-amino-alcohol motifs (C(OH)–C–C–N with tert-alkyl or cyclic N) is 1. The van der Waals surface area contributed by atoms with Crippen LogP contribution >= 0.6 is 11.6 Å². The third kappa shape index (κ3) is 3.85. The maximum Gasteiger partial charge on any atom is 0.249 e. The van der Waals surface area contributed by atoms with Gasteiger partial charge in [0.2, 0.25) is 5.91 Å². The zero-order valence-electron chi connectivity index (χ0n) is 21.9. The van der Waals surface area contributed by atoms with E-state index in [4.69, 9.17) is 26.8 Å². The molecule has 1 fully saturated rings. The van der Waals surface area contributed by atoms with Crippen molar-refractivity contribution in [2.24, 2.45) is 12.8 Å². The molecule has 1 aromatic heterocycles. The number of primary amides is 1. The SMILES string of the molecule is Cn1cc2c(n1)COc1c-2cc(C(N)=O)c(-c2c(Cl)c(F)cc3c2C[C@](c2ccccc2)([C@@H]2CC(O)CN2)O3)c1F. The van der Waals surface area contributed by atoms with E-state index in [1.54, 1.807) is 17.9 Å². The molecule has 1 unspecified atom stereocenters. The first-order chi connectivity index (χ1) is 19.7. The number of nitrogens with two attached hydrogens (primary N) is 1. The minimum absolute atomic E-state index is 0.0142. The summed E-state index contributed by atoms with van der Waals surface area (Å²) in [5.41, 5.74) is 7.00. The van der Waals surface area contributed by atoms with Gasteiger partial charge in [0.1, 0.15) is 23.9 Å². The molecule has 210 valence electrons. The van der Waals surface area contributed by atoms with Crippen molar-refractivity contribution in [1.29, 1.82) is 0 Å². The number of nitrogens with one attached hydrogen (secondary N) is 1. The normalized spacial score (nSPS) is 22.5. The monoisotopic (exact) mass is 578 g/mol. The highest BCUT2D eigenvalue weighted by Gasteiger charge is 2.51. The Labute approximate surface area is 238 Å².